The average Bonchev–Trinajstić information content (AvgIpc) is 3.22. The van der Waals surface area contributed by atoms with Gasteiger partial charge in [-0.3, -0.25) is 0 Å². The lowest BCUT2D eigenvalue weighted by molar-refractivity contribution is 0.0963. The number of aromatic nitrogens is 1. The van der Waals surface area contributed by atoms with E-state index in [1.807, 2.05) is 26.0 Å². The van der Waals surface area contributed by atoms with Crippen molar-refractivity contribution >= 4 is 12.1 Å². The summed E-state index contributed by atoms with van der Waals surface area (Å²) in [7, 11) is 0. The van der Waals surface area contributed by atoms with E-state index in [0.29, 0.717) is 32.1 Å². The Bertz CT molecular complexity index is 839. The van der Waals surface area contributed by atoms with Gasteiger partial charge in [0.05, 0.1) is 12.8 Å². The minimum atomic E-state index is -0.232. The van der Waals surface area contributed by atoms with Gasteiger partial charge in [0.15, 0.2) is 11.7 Å². The number of likely N-dealkylation sites (tertiary alicyclic amines) is 1. The summed E-state index contributed by atoms with van der Waals surface area (Å²) in [6, 6.07) is 8.40. The van der Waals surface area contributed by atoms with E-state index < -0.39 is 0 Å². The van der Waals surface area contributed by atoms with Crippen LogP contribution in [0.2, 0.25) is 0 Å². The second kappa shape index (κ2) is 10.7. The summed E-state index contributed by atoms with van der Waals surface area (Å²) in [6.07, 6.45) is 3.20. The van der Waals surface area contributed by atoms with Gasteiger partial charge in [-0.25, -0.2) is 14.8 Å². The highest BCUT2D eigenvalue weighted by Crippen LogP contribution is 2.21. The third-order valence-electron chi connectivity index (χ3n) is 4.97. The fourth-order valence-electron chi connectivity index (χ4n) is 3.32. The van der Waals surface area contributed by atoms with Gasteiger partial charge in [0.2, 0.25) is 5.89 Å². The predicted octanol–water partition coefficient (Wildman–Crippen LogP) is 3.33. The molecule has 0 spiro atoms. The summed E-state index contributed by atoms with van der Waals surface area (Å²) in [5, 5.41) is 6.72. The van der Waals surface area contributed by atoms with Crippen LogP contribution >= 0.6 is 0 Å². The Kier molecular flexibility index (Phi) is 7.70. The van der Waals surface area contributed by atoms with E-state index in [0.717, 1.165) is 36.7 Å². The molecule has 1 fully saturated rings. The van der Waals surface area contributed by atoms with E-state index >= 15 is 0 Å². The first-order valence-corrected chi connectivity index (χ1v) is 10.6. The zero-order valence-electron chi connectivity index (χ0n) is 18.0. The van der Waals surface area contributed by atoms with Gasteiger partial charge in [-0.05, 0) is 33.6 Å². The van der Waals surface area contributed by atoms with Gasteiger partial charge in [0.25, 0.3) is 0 Å². The third kappa shape index (κ3) is 5.98. The number of nitrogens with zero attached hydrogens (tertiary/aromatic N) is 3. The molecule has 1 saturated heterocycles. The molecule has 0 bridgehead atoms. The Morgan fingerprint density at radius 3 is 2.67 bits per heavy atom. The minimum Gasteiger partial charge on any atom is -0.450 e. The molecule has 1 aliphatic heterocycles. The number of benzene rings is 1. The van der Waals surface area contributed by atoms with Crippen LogP contribution in [0.5, 0.6) is 0 Å². The molecule has 30 heavy (non-hydrogen) atoms. The SMILES string of the molecule is CCNC(=NCc1ncc(-c2ccc(C)cc2)o1)NC1CCN(C(=O)OCC)CC1. The molecule has 162 valence electrons. The van der Waals surface area contributed by atoms with Crippen LogP contribution in [-0.2, 0) is 11.3 Å². The summed E-state index contributed by atoms with van der Waals surface area (Å²) in [4.78, 5) is 22.6. The summed E-state index contributed by atoms with van der Waals surface area (Å²) in [6.45, 7) is 8.77. The van der Waals surface area contributed by atoms with Gasteiger partial charge < -0.3 is 24.7 Å². The third-order valence-corrected chi connectivity index (χ3v) is 4.97. The summed E-state index contributed by atoms with van der Waals surface area (Å²) in [5.74, 6) is 2.03. The lowest BCUT2D eigenvalue weighted by Gasteiger charge is -2.32. The number of guanidine groups is 1. The van der Waals surface area contributed by atoms with Crippen LogP contribution in [-0.4, -0.2) is 54.2 Å². The highest BCUT2D eigenvalue weighted by molar-refractivity contribution is 5.80. The molecule has 0 atom stereocenters. The van der Waals surface area contributed by atoms with E-state index in [1.165, 1.54) is 5.56 Å². The van der Waals surface area contributed by atoms with Crippen molar-refractivity contribution in [2.24, 2.45) is 4.99 Å². The highest BCUT2D eigenvalue weighted by atomic mass is 16.6. The lowest BCUT2D eigenvalue weighted by atomic mass is 10.1. The number of aliphatic imine (C=N–C) groups is 1. The Balaban J connectivity index is 1.55. The number of amides is 1. The fraction of sp³-hybridized carbons (Fsp3) is 0.500. The van der Waals surface area contributed by atoms with Gasteiger partial charge in [-0.2, -0.15) is 0 Å². The number of hydrogen-bond acceptors (Lipinski definition) is 5. The maximum atomic E-state index is 11.8. The van der Waals surface area contributed by atoms with Crippen LogP contribution in [0.3, 0.4) is 0 Å². The van der Waals surface area contributed by atoms with Crippen LogP contribution in [0.4, 0.5) is 4.79 Å². The van der Waals surface area contributed by atoms with E-state index in [9.17, 15) is 4.79 Å². The molecule has 2 N–H and O–H groups in total. The zero-order valence-corrected chi connectivity index (χ0v) is 18.0. The Morgan fingerprint density at radius 1 is 1.27 bits per heavy atom. The Labute approximate surface area is 177 Å². The number of oxazole rings is 1. The average molecular weight is 414 g/mol. The van der Waals surface area contributed by atoms with Crippen LogP contribution < -0.4 is 10.6 Å². The Morgan fingerprint density at radius 2 is 2.00 bits per heavy atom. The molecular weight excluding hydrogens is 382 g/mol. The highest BCUT2D eigenvalue weighted by Gasteiger charge is 2.24. The number of nitrogens with one attached hydrogen (secondary N) is 2. The van der Waals surface area contributed by atoms with Crippen LogP contribution in [0.25, 0.3) is 11.3 Å². The van der Waals surface area contributed by atoms with Gasteiger partial charge in [-0.1, -0.05) is 29.8 Å². The standard InChI is InChI=1S/C22H31N5O3/c1-4-23-21(26-18-10-12-27(13-11-18)22(28)29-5-2)25-15-20-24-14-19(30-20)17-8-6-16(3)7-9-17/h6-9,14,18H,4-5,10-13,15H2,1-3H3,(H2,23,25,26). The van der Waals surface area contributed by atoms with Crippen molar-refractivity contribution in [3.8, 4) is 11.3 Å². The maximum absolute atomic E-state index is 11.8. The number of carbonyl (C=O) groups excluding carboxylic acids is 1. The molecular formula is C22H31N5O3. The van der Waals surface area contributed by atoms with Crippen molar-refractivity contribution in [3.05, 3.63) is 41.9 Å². The number of aryl methyl sites for hydroxylation is 1. The van der Waals surface area contributed by atoms with Gasteiger partial charge in [-0.15, -0.1) is 0 Å². The second-order valence-electron chi connectivity index (χ2n) is 7.28. The molecule has 2 aromatic rings. The molecule has 2 heterocycles. The van der Waals surface area contributed by atoms with Gasteiger partial charge in [0, 0.05) is 31.2 Å². The molecule has 1 amide bonds. The molecule has 8 heteroatoms. The van der Waals surface area contributed by atoms with E-state index in [2.05, 4.69) is 39.7 Å². The minimum absolute atomic E-state index is 0.232. The van der Waals surface area contributed by atoms with Crippen molar-refractivity contribution in [3.63, 3.8) is 0 Å². The molecule has 1 aromatic heterocycles. The summed E-state index contributed by atoms with van der Waals surface area (Å²) in [5.41, 5.74) is 2.21. The second-order valence-corrected chi connectivity index (χ2v) is 7.28. The van der Waals surface area contributed by atoms with E-state index in [-0.39, 0.29) is 12.1 Å². The first-order valence-electron chi connectivity index (χ1n) is 10.6. The van der Waals surface area contributed by atoms with Crippen LogP contribution in [0.15, 0.2) is 39.9 Å². The molecule has 0 aliphatic carbocycles. The van der Waals surface area contributed by atoms with Crippen molar-refractivity contribution in [2.75, 3.05) is 26.2 Å². The summed E-state index contributed by atoms with van der Waals surface area (Å²) >= 11 is 0. The molecule has 1 aliphatic rings. The number of ether oxygens (including phenoxy) is 1. The molecule has 0 radical (unpaired) electrons. The zero-order chi connectivity index (χ0) is 21.3. The van der Waals surface area contributed by atoms with Crippen LogP contribution in [0, 0.1) is 6.92 Å². The first kappa shape index (κ1) is 21.7. The summed E-state index contributed by atoms with van der Waals surface area (Å²) < 4.78 is 10.9. The number of carbonyl (C=O) groups is 1. The smallest absolute Gasteiger partial charge is 0.409 e. The molecule has 3 rings (SSSR count). The first-order chi connectivity index (χ1) is 14.6. The normalized spacial score (nSPS) is 15.2. The number of rotatable bonds is 6. The fourth-order valence-corrected chi connectivity index (χ4v) is 3.32. The van der Waals surface area contributed by atoms with Crippen LogP contribution in [0.1, 0.15) is 38.1 Å². The van der Waals surface area contributed by atoms with E-state index in [1.54, 1.807) is 11.1 Å². The quantitative estimate of drug-likeness (QED) is 0.558. The molecule has 0 saturated carbocycles. The van der Waals surface area contributed by atoms with Crippen molar-refractivity contribution in [1.29, 1.82) is 0 Å². The Hall–Kier alpha value is -3.03. The van der Waals surface area contributed by atoms with Gasteiger partial charge in [0.1, 0.15) is 6.54 Å². The largest absolute Gasteiger partial charge is 0.450 e. The van der Waals surface area contributed by atoms with Crippen molar-refractivity contribution < 1.29 is 13.9 Å². The molecule has 0 unspecified atom stereocenters. The number of piperidine rings is 1. The van der Waals surface area contributed by atoms with Gasteiger partial charge >= 0.3 is 6.09 Å². The molecule has 8 nitrogen and oxygen atoms in total. The monoisotopic (exact) mass is 413 g/mol. The molecule has 1 aromatic carbocycles. The van der Waals surface area contributed by atoms with Crippen molar-refractivity contribution in [2.45, 2.75) is 46.2 Å². The maximum Gasteiger partial charge on any atom is 0.409 e. The number of hydrogen-bond donors (Lipinski definition) is 2. The topological polar surface area (TPSA) is 92.0 Å². The van der Waals surface area contributed by atoms with Crippen molar-refractivity contribution in [1.82, 2.24) is 20.5 Å². The lowest BCUT2D eigenvalue weighted by Crippen LogP contribution is -2.49. The van der Waals surface area contributed by atoms with E-state index in [4.69, 9.17) is 9.15 Å². The predicted molar refractivity (Wildman–Crippen MR) is 116 cm³/mol.